The van der Waals surface area contributed by atoms with Crippen LogP contribution in [0.2, 0.25) is 0 Å². The molecule has 2 N–H and O–H groups in total. The molecule has 9 nitrogen and oxygen atoms in total. The van der Waals surface area contributed by atoms with Gasteiger partial charge < -0.3 is 19.7 Å². The standard InChI is InChI=1S/C18H12N2O7/c21-17(22)11(5-9-1-4-14-15(6-9)26-8-25-14)16(18(23)24)10-2-3-12-13(7-10)20-27-19-12/h1-4,6-7H,5,8H2,(H,21,22)(H,23,24)/b16-11-. The van der Waals surface area contributed by atoms with Gasteiger partial charge in [-0.3, -0.25) is 0 Å². The second kappa shape index (κ2) is 6.45. The number of carbonyl (C=O) groups is 2. The molecule has 0 spiro atoms. The lowest BCUT2D eigenvalue weighted by molar-refractivity contribution is -0.134. The summed E-state index contributed by atoms with van der Waals surface area (Å²) in [6.07, 6.45) is -0.108. The van der Waals surface area contributed by atoms with Crippen molar-refractivity contribution in [2.24, 2.45) is 0 Å². The average molecular weight is 368 g/mol. The number of benzene rings is 2. The maximum Gasteiger partial charge on any atom is 0.336 e. The highest BCUT2D eigenvalue weighted by atomic mass is 16.7. The van der Waals surface area contributed by atoms with Crippen LogP contribution in [0, 0.1) is 0 Å². The molecule has 0 bridgehead atoms. The van der Waals surface area contributed by atoms with Crippen LogP contribution in [0.5, 0.6) is 11.5 Å². The van der Waals surface area contributed by atoms with Crippen molar-refractivity contribution in [3.05, 3.63) is 53.1 Å². The molecule has 27 heavy (non-hydrogen) atoms. The number of rotatable bonds is 5. The van der Waals surface area contributed by atoms with E-state index in [1.807, 2.05) is 0 Å². The van der Waals surface area contributed by atoms with Crippen molar-refractivity contribution in [3.8, 4) is 11.5 Å². The van der Waals surface area contributed by atoms with E-state index in [-0.39, 0.29) is 29.9 Å². The maximum absolute atomic E-state index is 11.9. The molecule has 1 aliphatic heterocycles. The van der Waals surface area contributed by atoms with E-state index in [9.17, 15) is 19.8 Å². The summed E-state index contributed by atoms with van der Waals surface area (Å²) in [5.74, 6) is -1.64. The number of nitrogens with zero attached hydrogens (tertiary/aromatic N) is 2. The van der Waals surface area contributed by atoms with Crippen LogP contribution in [0.25, 0.3) is 16.6 Å². The van der Waals surface area contributed by atoms with E-state index in [2.05, 4.69) is 14.9 Å². The van der Waals surface area contributed by atoms with Gasteiger partial charge in [0.2, 0.25) is 6.79 Å². The molecule has 0 saturated carbocycles. The predicted octanol–water partition coefficient (Wildman–Crippen LogP) is 2.12. The molecule has 1 aliphatic rings. The van der Waals surface area contributed by atoms with Crippen LogP contribution < -0.4 is 9.47 Å². The van der Waals surface area contributed by atoms with E-state index < -0.39 is 11.9 Å². The zero-order valence-electron chi connectivity index (χ0n) is 13.7. The summed E-state index contributed by atoms with van der Waals surface area (Å²) < 4.78 is 15.1. The van der Waals surface area contributed by atoms with Crippen LogP contribution in [0.4, 0.5) is 0 Å². The van der Waals surface area contributed by atoms with Crippen molar-refractivity contribution in [2.75, 3.05) is 6.79 Å². The third-order valence-corrected chi connectivity index (χ3v) is 4.13. The van der Waals surface area contributed by atoms with Crippen molar-refractivity contribution in [2.45, 2.75) is 6.42 Å². The smallest absolute Gasteiger partial charge is 0.336 e. The molecule has 0 radical (unpaired) electrons. The Labute approximate surface area is 151 Å². The topological polar surface area (TPSA) is 132 Å². The number of fused-ring (bicyclic) bond motifs is 2. The summed E-state index contributed by atoms with van der Waals surface area (Å²) in [4.78, 5) is 23.7. The number of aliphatic carboxylic acids is 2. The van der Waals surface area contributed by atoms with Gasteiger partial charge >= 0.3 is 11.9 Å². The van der Waals surface area contributed by atoms with Crippen molar-refractivity contribution in [1.82, 2.24) is 10.3 Å². The minimum Gasteiger partial charge on any atom is -0.478 e. The molecule has 0 aliphatic carbocycles. The third kappa shape index (κ3) is 3.06. The Morgan fingerprint density at radius 3 is 2.48 bits per heavy atom. The Morgan fingerprint density at radius 2 is 1.70 bits per heavy atom. The zero-order chi connectivity index (χ0) is 19.0. The fourth-order valence-electron chi connectivity index (χ4n) is 2.89. The van der Waals surface area contributed by atoms with Crippen LogP contribution in [0.3, 0.4) is 0 Å². The summed E-state index contributed by atoms with van der Waals surface area (Å²) in [6.45, 7) is 0.0898. The Morgan fingerprint density at radius 1 is 0.926 bits per heavy atom. The minimum atomic E-state index is -1.36. The number of aromatic nitrogens is 2. The molecule has 4 rings (SSSR count). The molecule has 0 amide bonds. The Bertz CT molecular complexity index is 1100. The van der Waals surface area contributed by atoms with E-state index in [0.29, 0.717) is 28.1 Å². The predicted molar refractivity (Wildman–Crippen MR) is 90.3 cm³/mol. The molecule has 9 heteroatoms. The highest BCUT2D eigenvalue weighted by Crippen LogP contribution is 2.34. The van der Waals surface area contributed by atoms with Crippen LogP contribution >= 0.6 is 0 Å². The first-order valence-electron chi connectivity index (χ1n) is 7.84. The molecular weight excluding hydrogens is 356 g/mol. The number of ether oxygens (including phenoxy) is 2. The zero-order valence-corrected chi connectivity index (χ0v) is 13.7. The first kappa shape index (κ1) is 16.6. The van der Waals surface area contributed by atoms with Crippen LogP contribution in [0.1, 0.15) is 11.1 Å². The SMILES string of the molecule is O=C(O)/C(Cc1ccc2c(c1)OCO2)=C(\C(=O)O)c1ccc2nonc2c1. The quantitative estimate of drug-likeness (QED) is 0.650. The molecule has 0 fully saturated rings. The van der Waals surface area contributed by atoms with E-state index in [1.165, 1.54) is 18.2 Å². The van der Waals surface area contributed by atoms with Gasteiger partial charge in [0.1, 0.15) is 11.0 Å². The Balaban J connectivity index is 1.81. The van der Waals surface area contributed by atoms with E-state index in [4.69, 9.17) is 9.47 Å². The van der Waals surface area contributed by atoms with E-state index in [0.717, 1.165) is 0 Å². The van der Waals surface area contributed by atoms with Gasteiger partial charge in [-0.05, 0) is 45.7 Å². The van der Waals surface area contributed by atoms with Gasteiger partial charge in [0.25, 0.3) is 0 Å². The number of carboxylic acid groups (broad SMARTS) is 2. The monoisotopic (exact) mass is 368 g/mol. The summed E-state index contributed by atoms with van der Waals surface area (Å²) in [5, 5.41) is 26.7. The first-order chi connectivity index (χ1) is 13.0. The fourth-order valence-corrected chi connectivity index (χ4v) is 2.89. The normalized spacial score (nSPS) is 13.5. The van der Waals surface area contributed by atoms with Gasteiger partial charge in [0.15, 0.2) is 11.5 Å². The first-order valence-corrected chi connectivity index (χ1v) is 7.84. The molecule has 1 aromatic heterocycles. The van der Waals surface area contributed by atoms with Crippen molar-refractivity contribution < 1.29 is 33.9 Å². The van der Waals surface area contributed by atoms with Crippen molar-refractivity contribution in [1.29, 1.82) is 0 Å². The highest BCUT2D eigenvalue weighted by Gasteiger charge is 2.24. The third-order valence-electron chi connectivity index (χ3n) is 4.13. The molecule has 0 unspecified atom stereocenters. The van der Waals surface area contributed by atoms with Crippen LogP contribution in [-0.2, 0) is 16.0 Å². The minimum absolute atomic E-state index is 0.0898. The van der Waals surface area contributed by atoms with Gasteiger partial charge in [-0.25, -0.2) is 14.2 Å². The summed E-state index contributed by atoms with van der Waals surface area (Å²) in [5.41, 5.74) is 0.959. The Hall–Kier alpha value is -3.88. The number of carboxylic acids is 2. The summed E-state index contributed by atoms with van der Waals surface area (Å²) in [7, 11) is 0. The van der Waals surface area contributed by atoms with Crippen molar-refractivity contribution in [3.63, 3.8) is 0 Å². The fraction of sp³-hybridized carbons (Fsp3) is 0.111. The van der Waals surface area contributed by atoms with Crippen LogP contribution in [0.15, 0.2) is 46.6 Å². The molecule has 3 aromatic rings. The number of hydrogen-bond acceptors (Lipinski definition) is 7. The molecule has 0 saturated heterocycles. The Kier molecular flexibility index (Phi) is 3.96. The summed E-state index contributed by atoms with van der Waals surface area (Å²) >= 11 is 0. The lowest BCUT2D eigenvalue weighted by Gasteiger charge is -2.10. The molecular formula is C18H12N2O7. The lowest BCUT2D eigenvalue weighted by atomic mass is 9.94. The molecule has 136 valence electrons. The number of hydrogen-bond donors (Lipinski definition) is 2. The van der Waals surface area contributed by atoms with Gasteiger partial charge in [0.05, 0.1) is 11.1 Å². The van der Waals surface area contributed by atoms with Crippen molar-refractivity contribution >= 4 is 28.5 Å². The van der Waals surface area contributed by atoms with Gasteiger partial charge in [0, 0.05) is 6.42 Å². The van der Waals surface area contributed by atoms with Gasteiger partial charge in [-0.15, -0.1) is 0 Å². The highest BCUT2D eigenvalue weighted by molar-refractivity contribution is 6.22. The van der Waals surface area contributed by atoms with E-state index in [1.54, 1.807) is 18.2 Å². The average Bonchev–Trinajstić information content (AvgIpc) is 3.28. The van der Waals surface area contributed by atoms with Crippen LogP contribution in [-0.4, -0.2) is 39.3 Å². The second-order valence-electron chi connectivity index (χ2n) is 5.80. The largest absolute Gasteiger partial charge is 0.478 e. The molecule has 2 heterocycles. The van der Waals surface area contributed by atoms with Gasteiger partial charge in [-0.2, -0.15) is 0 Å². The molecule has 0 atom stereocenters. The van der Waals surface area contributed by atoms with E-state index >= 15 is 0 Å². The maximum atomic E-state index is 11.9. The van der Waals surface area contributed by atoms with Gasteiger partial charge in [-0.1, -0.05) is 12.1 Å². The lowest BCUT2D eigenvalue weighted by Crippen LogP contribution is -2.13. The second-order valence-corrected chi connectivity index (χ2v) is 5.80. The summed E-state index contributed by atoms with van der Waals surface area (Å²) in [6, 6.07) is 9.38. The molecule has 2 aromatic carbocycles.